The molecular weight excluding hydrogens is 304 g/mol. The van der Waals surface area contributed by atoms with E-state index in [-0.39, 0.29) is 0 Å². The maximum absolute atomic E-state index is 5.96. The van der Waals surface area contributed by atoms with E-state index in [1.54, 1.807) is 0 Å². The van der Waals surface area contributed by atoms with Gasteiger partial charge in [0, 0.05) is 30.1 Å². The van der Waals surface area contributed by atoms with Crippen molar-refractivity contribution in [1.29, 1.82) is 0 Å². The molecule has 0 aromatic carbocycles. The smallest absolute Gasteiger partial charge is 0.147 e. The van der Waals surface area contributed by atoms with E-state index < -0.39 is 0 Å². The Kier molecular flexibility index (Phi) is 3.92. The molecule has 7 nitrogen and oxygen atoms in total. The Bertz CT molecular complexity index is 706. The number of nitrogens with two attached hydrogens (primary N) is 1. The van der Waals surface area contributed by atoms with Gasteiger partial charge in [-0.1, -0.05) is 5.16 Å². The first-order valence-corrected chi connectivity index (χ1v) is 8.82. The van der Waals surface area contributed by atoms with Gasteiger partial charge in [0.1, 0.15) is 17.4 Å². The summed E-state index contributed by atoms with van der Waals surface area (Å²) in [5.74, 6) is 3.61. The third-order valence-electron chi connectivity index (χ3n) is 5.27. The molecule has 0 aliphatic heterocycles. The summed E-state index contributed by atoms with van der Waals surface area (Å²) in [4.78, 5) is 2.26. The van der Waals surface area contributed by atoms with Gasteiger partial charge in [0.25, 0.3) is 0 Å². The maximum Gasteiger partial charge on any atom is 0.147 e. The highest BCUT2D eigenvalue weighted by Crippen LogP contribution is 2.42. The molecule has 4 rings (SSSR count). The Hall–Kier alpha value is -1.73. The molecule has 0 atom stereocenters. The van der Waals surface area contributed by atoms with Crippen molar-refractivity contribution in [2.75, 3.05) is 7.05 Å². The predicted molar refractivity (Wildman–Crippen MR) is 89.4 cm³/mol. The monoisotopic (exact) mass is 330 g/mol. The molecule has 2 heterocycles. The van der Waals surface area contributed by atoms with Crippen molar-refractivity contribution < 1.29 is 4.52 Å². The summed E-state index contributed by atoms with van der Waals surface area (Å²) in [7, 11) is 2.11. The van der Waals surface area contributed by atoms with Gasteiger partial charge < -0.3 is 14.8 Å². The number of nitrogens with zero attached hydrogens (tertiary/aromatic N) is 5. The molecule has 0 saturated heterocycles. The molecule has 2 aromatic heterocycles. The third-order valence-corrected chi connectivity index (χ3v) is 5.27. The van der Waals surface area contributed by atoms with Crippen LogP contribution >= 0.6 is 0 Å². The molecule has 2 saturated carbocycles. The van der Waals surface area contributed by atoms with Gasteiger partial charge in [-0.2, -0.15) is 0 Å². The van der Waals surface area contributed by atoms with Crippen LogP contribution in [-0.4, -0.2) is 37.9 Å². The van der Waals surface area contributed by atoms with Gasteiger partial charge in [0.05, 0.1) is 12.2 Å². The first kappa shape index (κ1) is 15.8. The average Bonchev–Trinajstić information content (AvgIpc) is 3.21. The van der Waals surface area contributed by atoms with Gasteiger partial charge in [-0.15, -0.1) is 10.2 Å². The Morgan fingerprint density at radius 1 is 1.21 bits per heavy atom. The number of aromatic nitrogens is 4. The van der Waals surface area contributed by atoms with E-state index in [0.29, 0.717) is 18.0 Å². The maximum atomic E-state index is 5.96. The molecule has 0 bridgehead atoms. The summed E-state index contributed by atoms with van der Waals surface area (Å²) in [5, 5.41) is 13.1. The summed E-state index contributed by atoms with van der Waals surface area (Å²) in [6.07, 6.45) is 4.56. The van der Waals surface area contributed by atoms with Gasteiger partial charge in [-0.05, 0) is 46.6 Å². The second-order valence-corrected chi connectivity index (χ2v) is 7.48. The van der Waals surface area contributed by atoms with E-state index >= 15 is 0 Å². The minimum Gasteiger partial charge on any atom is -0.361 e. The van der Waals surface area contributed by atoms with Crippen LogP contribution in [0.5, 0.6) is 0 Å². The third kappa shape index (κ3) is 2.86. The molecule has 0 amide bonds. The molecular formula is C17H26N6O. The van der Waals surface area contributed by atoms with Crippen molar-refractivity contribution >= 4 is 0 Å². The highest BCUT2D eigenvalue weighted by Gasteiger charge is 2.37. The lowest BCUT2D eigenvalue weighted by atomic mass is 9.80. The molecule has 2 aromatic rings. The quantitative estimate of drug-likeness (QED) is 0.872. The minimum absolute atomic E-state index is 0.338. The first-order valence-electron chi connectivity index (χ1n) is 8.82. The lowest BCUT2D eigenvalue weighted by Crippen LogP contribution is -2.36. The summed E-state index contributed by atoms with van der Waals surface area (Å²) < 4.78 is 7.65. The van der Waals surface area contributed by atoms with E-state index in [1.807, 2.05) is 13.8 Å². The number of hydrogen-bond donors (Lipinski definition) is 1. The van der Waals surface area contributed by atoms with E-state index in [4.69, 9.17) is 10.3 Å². The van der Waals surface area contributed by atoms with Crippen LogP contribution in [0.1, 0.15) is 66.3 Å². The largest absolute Gasteiger partial charge is 0.361 e. The first-order chi connectivity index (χ1) is 11.5. The number of aryl methyl sites for hydroxylation is 2. The molecule has 2 aliphatic carbocycles. The van der Waals surface area contributed by atoms with Crippen molar-refractivity contribution in [2.45, 2.75) is 70.6 Å². The second-order valence-electron chi connectivity index (χ2n) is 7.48. The lowest BCUT2D eigenvalue weighted by molar-refractivity contribution is 0.296. The van der Waals surface area contributed by atoms with Crippen LogP contribution in [0, 0.1) is 13.8 Å². The SMILES string of the molecule is Cc1noc(C)c1CN(C)Cc1nnc(C2CC(N)C2)n1C1CC1. The molecule has 2 aliphatic rings. The van der Waals surface area contributed by atoms with Crippen LogP contribution in [-0.2, 0) is 13.1 Å². The Labute approximate surface area is 142 Å². The Balaban J connectivity index is 1.50. The summed E-state index contributed by atoms with van der Waals surface area (Å²) in [5.41, 5.74) is 8.09. The Morgan fingerprint density at radius 3 is 2.54 bits per heavy atom. The van der Waals surface area contributed by atoms with Crippen LogP contribution in [0.25, 0.3) is 0 Å². The molecule has 24 heavy (non-hydrogen) atoms. The van der Waals surface area contributed by atoms with Gasteiger partial charge in [-0.25, -0.2) is 0 Å². The van der Waals surface area contributed by atoms with Crippen LogP contribution < -0.4 is 5.73 Å². The molecule has 0 unspecified atom stereocenters. The molecule has 7 heteroatoms. The summed E-state index contributed by atoms with van der Waals surface area (Å²) in [6, 6.07) is 0.930. The lowest BCUT2D eigenvalue weighted by Gasteiger charge is -2.32. The van der Waals surface area contributed by atoms with Crippen molar-refractivity contribution in [3.8, 4) is 0 Å². The summed E-state index contributed by atoms with van der Waals surface area (Å²) >= 11 is 0. The molecule has 2 fully saturated rings. The van der Waals surface area contributed by atoms with Gasteiger partial charge in [-0.3, -0.25) is 4.90 Å². The molecule has 0 spiro atoms. The minimum atomic E-state index is 0.338. The molecule has 0 radical (unpaired) electrons. The zero-order valence-corrected chi connectivity index (χ0v) is 14.7. The van der Waals surface area contributed by atoms with Crippen molar-refractivity contribution in [3.63, 3.8) is 0 Å². The fourth-order valence-electron chi connectivity index (χ4n) is 3.62. The van der Waals surface area contributed by atoms with Crippen molar-refractivity contribution in [3.05, 3.63) is 28.7 Å². The van der Waals surface area contributed by atoms with Gasteiger partial charge in [0.2, 0.25) is 0 Å². The molecule has 130 valence electrons. The van der Waals surface area contributed by atoms with Gasteiger partial charge in [0.15, 0.2) is 0 Å². The fourth-order valence-corrected chi connectivity index (χ4v) is 3.62. The normalized spacial score (nSPS) is 23.7. The average molecular weight is 330 g/mol. The fraction of sp³-hybridized carbons (Fsp3) is 0.706. The molecule has 2 N–H and O–H groups in total. The van der Waals surface area contributed by atoms with Crippen LogP contribution in [0.3, 0.4) is 0 Å². The number of hydrogen-bond acceptors (Lipinski definition) is 6. The van der Waals surface area contributed by atoms with E-state index in [0.717, 1.165) is 49.0 Å². The van der Waals surface area contributed by atoms with Crippen LogP contribution in [0.15, 0.2) is 4.52 Å². The van der Waals surface area contributed by atoms with Crippen LogP contribution in [0.2, 0.25) is 0 Å². The van der Waals surface area contributed by atoms with E-state index in [2.05, 4.69) is 31.9 Å². The topological polar surface area (TPSA) is 86.0 Å². The summed E-state index contributed by atoms with van der Waals surface area (Å²) in [6.45, 7) is 5.55. The Morgan fingerprint density at radius 2 is 1.96 bits per heavy atom. The predicted octanol–water partition coefficient (Wildman–Crippen LogP) is 2.05. The van der Waals surface area contributed by atoms with Crippen molar-refractivity contribution in [2.24, 2.45) is 5.73 Å². The van der Waals surface area contributed by atoms with Gasteiger partial charge >= 0.3 is 0 Å². The van der Waals surface area contributed by atoms with E-state index in [9.17, 15) is 0 Å². The zero-order valence-electron chi connectivity index (χ0n) is 14.7. The standard InChI is InChI=1S/C17H26N6O/c1-10-15(11(2)24-21-10)8-22(3)9-16-19-20-17(12-6-13(18)7-12)23(16)14-4-5-14/h12-14H,4-9,18H2,1-3H3. The highest BCUT2D eigenvalue weighted by molar-refractivity contribution is 5.20. The second kappa shape index (κ2) is 5.97. The van der Waals surface area contributed by atoms with E-state index in [1.165, 1.54) is 18.4 Å². The zero-order chi connectivity index (χ0) is 16.8. The number of rotatable bonds is 6. The highest BCUT2D eigenvalue weighted by atomic mass is 16.5. The van der Waals surface area contributed by atoms with Crippen LogP contribution in [0.4, 0.5) is 0 Å². The van der Waals surface area contributed by atoms with Crippen molar-refractivity contribution in [1.82, 2.24) is 24.8 Å².